The van der Waals surface area contributed by atoms with Gasteiger partial charge in [0.25, 0.3) is 5.91 Å². The number of hydrogen-bond acceptors (Lipinski definition) is 4. The molecular formula is C19H15F3N2O4S. The predicted molar refractivity (Wildman–Crippen MR) is 98.6 cm³/mol. The van der Waals surface area contributed by atoms with Crippen LogP contribution in [0.4, 0.5) is 18.9 Å². The average molecular weight is 424 g/mol. The largest absolute Gasteiger partial charge is 0.459 e. The minimum Gasteiger partial charge on any atom is -0.459 e. The van der Waals surface area contributed by atoms with Crippen LogP contribution < -0.4 is 10.0 Å². The van der Waals surface area contributed by atoms with Crippen LogP contribution in [0.25, 0.3) is 0 Å². The van der Waals surface area contributed by atoms with Crippen molar-refractivity contribution in [3.63, 3.8) is 0 Å². The van der Waals surface area contributed by atoms with E-state index in [1.165, 1.54) is 12.3 Å². The Balaban J connectivity index is 1.64. The van der Waals surface area contributed by atoms with Gasteiger partial charge in [0.05, 0.1) is 16.7 Å². The predicted octanol–water partition coefficient (Wildman–Crippen LogP) is 4.03. The van der Waals surface area contributed by atoms with Crippen molar-refractivity contribution in [2.24, 2.45) is 0 Å². The molecule has 6 nitrogen and oxygen atoms in total. The van der Waals surface area contributed by atoms with Gasteiger partial charge in [-0.1, -0.05) is 18.2 Å². The van der Waals surface area contributed by atoms with Gasteiger partial charge in [-0.3, -0.25) is 4.79 Å². The topological polar surface area (TPSA) is 88.4 Å². The zero-order valence-corrected chi connectivity index (χ0v) is 15.5. The van der Waals surface area contributed by atoms with Crippen molar-refractivity contribution in [3.05, 3.63) is 83.8 Å². The first-order valence-electron chi connectivity index (χ1n) is 8.26. The summed E-state index contributed by atoms with van der Waals surface area (Å²) in [6.07, 6.45) is -3.27. The fourth-order valence-electron chi connectivity index (χ4n) is 2.41. The lowest BCUT2D eigenvalue weighted by Gasteiger charge is -2.11. The van der Waals surface area contributed by atoms with Crippen LogP contribution in [0.3, 0.4) is 0 Å². The molecule has 1 aromatic heterocycles. The standard InChI is InChI=1S/C19H15F3N2O4S/c20-19(21,22)14-3-1-4-16(11-14)29(26,27)23-12-13-6-8-15(9-7-13)24-18(25)17-5-2-10-28-17/h1-11,23H,12H2,(H,24,25). The van der Waals surface area contributed by atoms with Crippen LogP contribution in [0.1, 0.15) is 21.7 Å². The van der Waals surface area contributed by atoms with Gasteiger partial charge in [0, 0.05) is 12.2 Å². The van der Waals surface area contributed by atoms with E-state index < -0.39 is 32.6 Å². The van der Waals surface area contributed by atoms with E-state index in [0.717, 1.165) is 18.2 Å². The second-order valence-electron chi connectivity index (χ2n) is 5.98. The third kappa shape index (κ3) is 5.24. The van der Waals surface area contributed by atoms with E-state index in [1.54, 1.807) is 30.3 Å². The van der Waals surface area contributed by atoms with Crippen LogP contribution >= 0.6 is 0 Å². The molecule has 0 aliphatic carbocycles. The zero-order valence-electron chi connectivity index (χ0n) is 14.7. The Bertz CT molecular complexity index is 1090. The molecule has 0 spiro atoms. The van der Waals surface area contributed by atoms with Gasteiger partial charge in [0.15, 0.2) is 5.76 Å². The van der Waals surface area contributed by atoms with Crippen molar-refractivity contribution in [2.45, 2.75) is 17.6 Å². The summed E-state index contributed by atoms with van der Waals surface area (Å²) in [5.41, 5.74) is -0.0236. The lowest BCUT2D eigenvalue weighted by molar-refractivity contribution is -0.137. The molecule has 0 bridgehead atoms. The number of sulfonamides is 1. The first kappa shape index (κ1) is 20.6. The molecule has 152 valence electrons. The molecule has 3 rings (SSSR count). The normalized spacial score (nSPS) is 12.0. The molecule has 0 saturated carbocycles. The van der Waals surface area contributed by atoms with E-state index in [0.29, 0.717) is 17.3 Å². The second kappa shape index (κ2) is 8.10. The third-order valence-corrected chi connectivity index (χ3v) is 5.29. The molecule has 2 N–H and O–H groups in total. The molecule has 0 atom stereocenters. The quantitative estimate of drug-likeness (QED) is 0.625. The number of carbonyl (C=O) groups excluding carboxylic acids is 1. The molecule has 0 saturated heterocycles. The highest BCUT2D eigenvalue weighted by atomic mass is 32.2. The number of anilines is 1. The summed E-state index contributed by atoms with van der Waals surface area (Å²) in [4.78, 5) is 11.4. The number of furan rings is 1. The fourth-order valence-corrected chi connectivity index (χ4v) is 3.47. The maximum atomic E-state index is 12.8. The maximum Gasteiger partial charge on any atom is 0.416 e. The van der Waals surface area contributed by atoms with Gasteiger partial charge in [0.1, 0.15) is 0 Å². The van der Waals surface area contributed by atoms with Crippen molar-refractivity contribution in [3.8, 4) is 0 Å². The summed E-state index contributed by atoms with van der Waals surface area (Å²) < 4.78 is 70.1. The second-order valence-corrected chi connectivity index (χ2v) is 7.75. The minimum atomic E-state index is -4.64. The molecule has 0 fully saturated rings. The van der Waals surface area contributed by atoms with Crippen molar-refractivity contribution in [2.75, 3.05) is 5.32 Å². The Labute approximate surface area is 164 Å². The van der Waals surface area contributed by atoms with E-state index in [1.807, 2.05) is 0 Å². The third-order valence-electron chi connectivity index (χ3n) is 3.89. The number of hydrogen-bond donors (Lipinski definition) is 2. The number of rotatable bonds is 6. The molecule has 0 aliphatic rings. The summed E-state index contributed by atoms with van der Waals surface area (Å²) in [6.45, 7) is -0.134. The van der Waals surface area contributed by atoms with Crippen molar-refractivity contribution >= 4 is 21.6 Å². The molecule has 1 heterocycles. The smallest absolute Gasteiger partial charge is 0.416 e. The molecule has 3 aromatic rings. The Morgan fingerprint density at radius 2 is 1.72 bits per heavy atom. The number of nitrogens with one attached hydrogen (secondary N) is 2. The summed E-state index contributed by atoms with van der Waals surface area (Å²) in [6, 6.07) is 12.9. The van der Waals surface area contributed by atoms with Crippen molar-refractivity contribution in [1.29, 1.82) is 0 Å². The molecule has 0 unspecified atom stereocenters. The van der Waals surface area contributed by atoms with Crippen LogP contribution in [-0.4, -0.2) is 14.3 Å². The number of alkyl halides is 3. The van der Waals surface area contributed by atoms with E-state index in [2.05, 4.69) is 10.0 Å². The van der Waals surface area contributed by atoms with Gasteiger partial charge < -0.3 is 9.73 Å². The van der Waals surface area contributed by atoms with E-state index in [9.17, 15) is 26.4 Å². The highest BCUT2D eigenvalue weighted by Gasteiger charge is 2.31. The molecule has 0 radical (unpaired) electrons. The van der Waals surface area contributed by atoms with E-state index >= 15 is 0 Å². The lowest BCUT2D eigenvalue weighted by Crippen LogP contribution is -2.23. The summed E-state index contributed by atoms with van der Waals surface area (Å²) >= 11 is 0. The minimum absolute atomic E-state index is 0.134. The van der Waals surface area contributed by atoms with Gasteiger partial charge in [0.2, 0.25) is 10.0 Å². The highest BCUT2D eigenvalue weighted by molar-refractivity contribution is 7.89. The first-order valence-corrected chi connectivity index (χ1v) is 9.74. The lowest BCUT2D eigenvalue weighted by atomic mass is 10.2. The molecular weight excluding hydrogens is 409 g/mol. The van der Waals surface area contributed by atoms with Gasteiger partial charge in [-0.25, -0.2) is 13.1 Å². The SMILES string of the molecule is O=C(Nc1ccc(CNS(=O)(=O)c2cccc(C(F)(F)F)c2)cc1)c1ccco1. The Hall–Kier alpha value is -3.11. The van der Waals surface area contributed by atoms with Crippen LogP contribution in [0.15, 0.2) is 76.2 Å². The van der Waals surface area contributed by atoms with Gasteiger partial charge in [-0.2, -0.15) is 13.2 Å². The number of halogens is 3. The Morgan fingerprint density at radius 3 is 2.34 bits per heavy atom. The van der Waals surface area contributed by atoms with Crippen LogP contribution in [0, 0.1) is 0 Å². The van der Waals surface area contributed by atoms with E-state index in [-0.39, 0.29) is 12.3 Å². The van der Waals surface area contributed by atoms with Gasteiger partial charge in [-0.15, -0.1) is 0 Å². The zero-order chi connectivity index (χ0) is 21.1. The Morgan fingerprint density at radius 1 is 1.00 bits per heavy atom. The number of amides is 1. The molecule has 0 aliphatic heterocycles. The van der Waals surface area contributed by atoms with Crippen LogP contribution in [0.2, 0.25) is 0 Å². The summed E-state index contributed by atoms with van der Waals surface area (Å²) in [7, 11) is -4.13. The molecule has 10 heteroatoms. The Kier molecular flexibility index (Phi) is 5.76. The van der Waals surface area contributed by atoms with Crippen molar-refractivity contribution in [1.82, 2.24) is 4.72 Å². The number of carbonyl (C=O) groups is 1. The van der Waals surface area contributed by atoms with Crippen LogP contribution in [0.5, 0.6) is 0 Å². The van der Waals surface area contributed by atoms with Crippen LogP contribution in [-0.2, 0) is 22.7 Å². The average Bonchev–Trinajstić information content (AvgIpc) is 3.22. The highest BCUT2D eigenvalue weighted by Crippen LogP contribution is 2.30. The van der Waals surface area contributed by atoms with Crippen molar-refractivity contribution < 1.29 is 30.8 Å². The monoisotopic (exact) mass is 424 g/mol. The fraction of sp³-hybridized carbons (Fsp3) is 0.105. The number of benzene rings is 2. The van der Waals surface area contributed by atoms with E-state index in [4.69, 9.17) is 4.42 Å². The molecule has 1 amide bonds. The maximum absolute atomic E-state index is 12.8. The molecule has 29 heavy (non-hydrogen) atoms. The summed E-state index contributed by atoms with van der Waals surface area (Å²) in [5.74, 6) is -0.295. The van der Waals surface area contributed by atoms with Gasteiger partial charge >= 0.3 is 6.18 Å². The van der Waals surface area contributed by atoms with Gasteiger partial charge in [-0.05, 0) is 48.0 Å². The first-order chi connectivity index (χ1) is 13.6. The molecule has 2 aromatic carbocycles. The summed E-state index contributed by atoms with van der Waals surface area (Å²) in [5, 5.41) is 2.61.